The number of amides is 2. The molecule has 5 nitrogen and oxygen atoms in total. The van der Waals surface area contributed by atoms with Gasteiger partial charge in [-0.15, -0.1) is 0 Å². The molecular formula is C19H15FN2O3. The summed E-state index contributed by atoms with van der Waals surface area (Å²) in [6.45, 7) is -0.248. The lowest BCUT2D eigenvalue weighted by Gasteiger charge is -2.09. The molecule has 0 unspecified atom stereocenters. The fraction of sp³-hybridized carbons (Fsp3) is 0.0526. The summed E-state index contributed by atoms with van der Waals surface area (Å²) in [7, 11) is 0. The van der Waals surface area contributed by atoms with E-state index in [0.717, 1.165) is 10.8 Å². The van der Waals surface area contributed by atoms with Crippen molar-refractivity contribution in [3.05, 3.63) is 78.1 Å². The lowest BCUT2D eigenvalue weighted by atomic mass is 10.1. The van der Waals surface area contributed by atoms with E-state index in [4.69, 9.17) is 4.74 Å². The first-order valence-corrected chi connectivity index (χ1v) is 7.58. The number of benzene rings is 3. The second-order valence-electron chi connectivity index (χ2n) is 5.31. The van der Waals surface area contributed by atoms with E-state index >= 15 is 0 Å². The van der Waals surface area contributed by atoms with Crippen LogP contribution in [0.3, 0.4) is 0 Å². The first-order chi connectivity index (χ1) is 12.1. The van der Waals surface area contributed by atoms with Gasteiger partial charge in [0, 0.05) is 5.56 Å². The molecule has 6 heteroatoms. The lowest BCUT2D eigenvalue weighted by molar-refractivity contribution is -0.123. The number of ether oxygens (including phenoxy) is 1. The van der Waals surface area contributed by atoms with Crippen LogP contribution in [0.2, 0.25) is 0 Å². The zero-order valence-corrected chi connectivity index (χ0v) is 13.2. The zero-order chi connectivity index (χ0) is 17.6. The van der Waals surface area contributed by atoms with Crippen LogP contribution in [0.4, 0.5) is 4.39 Å². The van der Waals surface area contributed by atoms with Gasteiger partial charge in [-0.2, -0.15) is 0 Å². The quantitative estimate of drug-likeness (QED) is 0.719. The van der Waals surface area contributed by atoms with Gasteiger partial charge in [-0.3, -0.25) is 20.4 Å². The van der Waals surface area contributed by atoms with E-state index in [9.17, 15) is 14.0 Å². The number of hydrazine groups is 1. The van der Waals surface area contributed by atoms with Crippen LogP contribution >= 0.6 is 0 Å². The van der Waals surface area contributed by atoms with Crippen LogP contribution in [-0.4, -0.2) is 18.4 Å². The summed E-state index contributed by atoms with van der Waals surface area (Å²) in [5, 5.41) is 2.08. The Morgan fingerprint density at radius 1 is 0.880 bits per heavy atom. The van der Waals surface area contributed by atoms with Crippen molar-refractivity contribution in [2.24, 2.45) is 0 Å². The highest BCUT2D eigenvalue weighted by molar-refractivity contribution is 5.95. The third-order valence-electron chi connectivity index (χ3n) is 3.51. The Kier molecular flexibility index (Phi) is 4.89. The molecule has 0 aliphatic rings. The Balaban J connectivity index is 1.50. The summed E-state index contributed by atoms with van der Waals surface area (Å²) in [5.74, 6) is -0.939. The van der Waals surface area contributed by atoms with Crippen LogP contribution in [0.5, 0.6) is 5.75 Å². The molecule has 0 aromatic heterocycles. The molecule has 0 aliphatic carbocycles. The minimum Gasteiger partial charge on any atom is -0.484 e. The first-order valence-electron chi connectivity index (χ1n) is 7.58. The molecule has 0 radical (unpaired) electrons. The minimum atomic E-state index is -0.543. The fourth-order valence-electron chi connectivity index (χ4n) is 2.24. The normalized spacial score (nSPS) is 10.3. The molecular weight excluding hydrogens is 323 g/mol. The van der Waals surface area contributed by atoms with Crippen molar-refractivity contribution in [2.75, 3.05) is 6.61 Å². The molecule has 3 aromatic carbocycles. The molecule has 0 heterocycles. The predicted molar refractivity (Wildman–Crippen MR) is 91.5 cm³/mol. The molecule has 25 heavy (non-hydrogen) atoms. The molecule has 0 spiro atoms. The topological polar surface area (TPSA) is 67.4 Å². The highest BCUT2D eigenvalue weighted by atomic mass is 19.1. The van der Waals surface area contributed by atoms with Gasteiger partial charge >= 0.3 is 0 Å². The molecule has 2 amide bonds. The summed E-state index contributed by atoms with van der Waals surface area (Å²) < 4.78 is 18.2. The highest BCUT2D eigenvalue weighted by Gasteiger charge is 2.08. The summed E-state index contributed by atoms with van der Waals surface area (Å²) in [4.78, 5) is 23.6. The van der Waals surface area contributed by atoms with Gasteiger partial charge in [-0.05, 0) is 47.2 Å². The van der Waals surface area contributed by atoms with E-state index in [1.807, 2.05) is 36.4 Å². The number of hydrogen-bond donors (Lipinski definition) is 2. The van der Waals surface area contributed by atoms with Crippen LogP contribution < -0.4 is 15.6 Å². The summed E-state index contributed by atoms with van der Waals surface area (Å²) in [6.07, 6.45) is 0. The van der Waals surface area contributed by atoms with Gasteiger partial charge < -0.3 is 4.74 Å². The molecule has 0 atom stereocenters. The number of carbonyl (C=O) groups is 2. The van der Waals surface area contributed by atoms with Crippen LogP contribution in [0.25, 0.3) is 10.8 Å². The smallest absolute Gasteiger partial charge is 0.276 e. The first kappa shape index (κ1) is 16.4. The van der Waals surface area contributed by atoms with Crippen molar-refractivity contribution < 1.29 is 18.7 Å². The number of hydrogen-bond acceptors (Lipinski definition) is 3. The van der Waals surface area contributed by atoms with E-state index in [2.05, 4.69) is 10.9 Å². The Bertz CT molecular complexity index is 910. The standard InChI is InChI=1S/C19H15FN2O3/c20-16-8-5-14(6-9-16)19(24)22-21-18(23)12-25-17-10-7-13-3-1-2-4-15(13)11-17/h1-11H,12H2,(H,21,23)(H,22,24). The summed E-state index contributed by atoms with van der Waals surface area (Å²) in [5.41, 5.74) is 4.72. The largest absolute Gasteiger partial charge is 0.484 e. The summed E-state index contributed by atoms with van der Waals surface area (Å²) in [6, 6.07) is 18.3. The second-order valence-corrected chi connectivity index (χ2v) is 5.31. The lowest BCUT2D eigenvalue weighted by Crippen LogP contribution is -2.43. The van der Waals surface area contributed by atoms with Crippen LogP contribution in [0.15, 0.2) is 66.7 Å². The minimum absolute atomic E-state index is 0.233. The summed E-state index contributed by atoms with van der Waals surface area (Å²) >= 11 is 0. The van der Waals surface area contributed by atoms with E-state index in [1.54, 1.807) is 6.07 Å². The van der Waals surface area contributed by atoms with Gasteiger partial charge in [0.25, 0.3) is 11.8 Å². The average Bonchev–Trinajstić information content (AvgIpc) is 2.65. The zero-order valence-electron chi connectivity index (χ0n) is 13.2. The third kappa shape index (κ3) is 4.32. The molecule has 0 aliphatic heterocycles. The second kappa shape index (κ2) is 7.44. The Labute approximate surface area is 143 Å². The number of halogens is 1. The number of nitrogens with one attached hydrogen (secondary N) is 2. The average molecular weight is 338 g/mol. The van der Waals surface area contributed by atoms with Crippen molar-refractivity contribution in [2.45, 2.75) is 0 Å². The van der Waals surface area contributed by atoms with Crippen LogP contribution in [0.1, 0.15) is 10.4 Å². The van der Waals surface area contributed by atoms with E-state index in [0.29, 0.717) is 5.75 Å². The third-order valence-corrected chi connectivity index (χ3v) is 3.51. The SMILES string of the molecule is O=C(COc1ccc2ccccc2c1)NNC(=O)c1ccc(F)cc1. The predicted octanol–water partition coefficient (Wildman–Crippen LogP) is 2.82. The van der Waals surface area contributed by atoms with Gasteiger partial charge in [0.05, 0.1) is 0 Å². The van der Waals surface area contributed by atoms with Gasteiger partial charge in [0.1, 0.15) is 11.6 Å². The number of rotatable bonds is 4. The van der Waals surface area contributed by atoms with Gasteiger partial charge in [-0.1, -0.05) is 30.3 Å². The molecule has 3 rings (SSSR count). The molecule has 0 bridgehead atoms. The number of fused-ring (bicyclic) bond motifs is 1. The van der Waals surface area contributed by atoms with E-state index in [1.165, 1.54) is 24.3 Å². The van der Waals surface area contributed by atoms with E-state index < -0.39 is 17.6 Å². The van der Waals surface area contributed by atoms with Gasteiger partial charge in [0.2, 0.25) is 0 Å². The number of carbonyl (C=O) groups excluding carboxylic acids is 2. The molecule has 126 valence electrons. The molecule has 0 saturated heterocycles. The van der Waals surface area contributed by atoms with Crippen LogP contribution in [-0.2, 0) is 4.79 Å². The molecule has 0 fully saturated rings. The van der Waals surface area contributed by atoms with Crippen molar-refractivity contribution >= 4 is 22.6 Å². The monoisotopic (exact) mass is 338 g/mol. The maximum absolute atomic E-state index is 12.8. The Hall–Kier alpha value is -3.41. The Morgan fingerprint density at radius 3 is 2.36 bits per heavy atom. The maximum Gasteiger partial charge on any atom is 0.276 e. The highest BCUT2D eigenvalue weighted by Crippen LogP contribution is 2.20. The molecule has 3 aromatic rings. The van der Waals surface area contributed by atoms with E-state index in [-0.39, 0.29) is 12.2 Å². The van der Waals surface area contributed by atoms with Crippen molar-refractivity contribution in [1.29, 1.82) is 0 Å². The van der Waals surface area contributed by atoms with Crippen LogP contribution in [0, 0.1) is 5.82 Å². The molecule has 0 saturated carbocycles. The maximum atomic E-state index is 12.8. The Morgan fingerprint density at radius 2 is 1.60 bits per heavy atom. The molecule has 2 N–H and O–H groups in total. The fourth-order valence-corrected chi connectivity index (χ4v) is 2.24. The van der Waals surface area contributed by atoms with Crippen molar-refractivity contribution in [3.63, 3.8) is 0 Å². The van der Waals surface area contributed by atoms with Crippen molar-refractivity contribution in [3.8, 4) is 5.75 Å². The van der Waals surface area contributed by atoms with Crippen molar-refractivity contribution in [1.82, 2.24) is 10.9 Å². The van der Waals surface area contributed by atoms with Gasteiger partial charge in [-0.25, -0.2) is 4.39 Å². The van der Waals surface area contributed by atoms with Gasteiger partial charge in [0.15, 0.2) is 6.61 Å².